The molecule has 0 aromatic carbocycles. The zero-order valence-electron chi connectivity index (χ0n) is 13.2. The molecule has 0 saturated carbocycles. The predicted molar refractivity (Wildman–Crippen MR) is 86.8 cm³/mol. The average molecular weight is 306 g/mol. The van der Waals surface area contributed by atoms with Crippen LogP contribution >= 0.6 is 0 Å². The van der Waals surface area contributed by atoms with Gasteiger partial charge in [0.05, 0.1) is 19.9 Å². The van der Waals surface area contributed by atoms with Gasteiger partial charge >= 0.3 is 0 Å². The highest BCUT2D eigenvalue weighted by atomic mass is 16.5. The van der Waals surface area contributed by atoms with Crippen molar-refractivity contribution in [3.8, 4) is 11.5 Å². The summed E-state index contributed by atoms with van der Waals surface area (Å²) < 4.78 is 11.3. The maximum Gasteiger partial charge on any atom is 0.179 e. The second kappa shape index (κ2) is 7.65. The molecule has 2 aliphatic heterocycles. The number of aromatic nitrogens is 1. The van der Waals surface area contributed by atoms with Gasteiger partial charge in [-0.25, -0.2) is 4.98 Å². The molecule has 0 amide bonds. The summed E-state index contributed by atoms with van der Waals surface area (Å²) in [7, 11) is 1.67. The van der Waals surface area contributed by atoms with Crippen molar-refractivity contribution in [3.63, 3.8) is 0 Å². The Kier molecular flexibility index (Phi) is 5.34. The van der Waals surface area contributed by atoms with Crippen LogP contribution in [0.3, 0.4) is 0 Å². The molecule has 3 N–H and O–H groups in total. The van der Waals surface area contributed by atoms with E-state index in [0.29, 0.717) is 18.6 Å². The van der Waals surface area contributed by atoms with Crippen molar-refractivity contribution in [1.29, 1.82) is 0 Å². The summed E-state index contributed by atoms with van der Waals surface area (Å²) in [5.41, 5.74) is 0. The van der Waals surface area contributed by atoms with E-state index >= 15 is 0 Å². The van der Waals surface area contributed by atoms with Crippen LogP contribution in [0, 0.1) is 5.92 Å². The Morgan fingerprint density at radius 2 is 2.00 bits per heavy atom. The van der Waals surface area contributed by atoms with Crippen LogP contribution in [0.2, 0.25) is 0 Å². The standard InChI is InChI=1S/C16H26N4O2/c1-21-14-8-16(20-13-3-6-17-7-4-13)19-10-15(14)22-11-12-2-5-18-9-12/h8,10,12-13,17-18H,2-7,9,11H2,1H3,(H,19,20). The molecule has 122 valence electrons. The minimum atomic E-state index is 0.481. The Bertz CT molecular complexity index is 471. The third kappa shape index (κ3) is 4.01. The molecule has 0 bridgehead atoms. The molecular formula is C16H26N4O2. The van der Waals surface area contributed by atoms with Crippen LogP contribution in [0.15, 0.2) is 12.3 Å². The van der Waals surface area contributed by atoms with E-state index in [4.69, 9.17) is 9.47 Å². The lowest BCUT2D eigenvalue weighted by molar-refractivity contribution is 0.246. The first-order valence-corrected chi connectivity index (χ1v) is 8.20. The molecule has 2 saturated heterocycles. The third-order valence-electron chi connectivity index (χ3n) is 4.38. The van der Waals surface area contributed by atoms with Gasteiger partial charge in [0.25, 0.3) is 0 Å². The second-order valence-corrected chi connectivity index (χ2v) is 6.06. The highest BCUT2D eigenvalue weighted by Gasteiger charge is 2.17. The normalized spacial score (nSPS) is 22.5. The zero-order chi connectivity index (χ0) is 15.2. The van der Waals surface area contributed by atoms with Gasteiger partial charge in [-0.1, -0.05) is 0 Å². The number of hydrogen-bond acceptors (Lipinski definition) is 6. The van der Waals surface area contributed by atoms with Gasteiger partial charge in [-0.05, 0) is 38.9 Å². The second-order valence-electron chi connectivity index (χ2n) is 6.06. The number of piperidine rings is 1. The molecule has 0 spiro atoms. The van der Waals surface area contributed by atoms with E-state index in [1.165, 1.54) is 6.42 Å². The molecule has 6 nitrogen and oxygen atoms in total. The topological polar surface area (TPSA) is 67.4 Å². The SMILES string of the molecule is COc1cc(NC2CCNCC2)ncc1OCC1CCNC1. The summed E-state index contributed by atoms with van der Waals surface area (Å²) in [6, 6.07) is 2.42. The van der Waals surface area contributed by atoms with E-state index in [-0.39, 0.29) is 0 Å². The average Bonchev–Trinajstić information content (AvgIpc) is 3.08. The number of hydrogen-bond donors (Lipinski definition) is 3. The molecule has 1 aromatic rings. The van der Waals surface area contributed by atoms with Gasteiger partial charge in [-0.2, -0.15) is 0 Å². The molecule has 0 radical (unpaired) electrons. The Hall–Kier alpha value is -1.53. The summed E-state index contributed by atoms with van der Waals surface area (Å²) in [6.45, 7) is 4.95. The number of methoxy groups -OCH3 is 1. The van der Waals surface area contributed by atoms with Gasteiger partial charge in [0.1, 0.15) is 5.82 Å². The Morgan fingerprint density at radius 1 is 1.18 bits per heavy atom. The summed E-state index contributed by atoms with van der Waals surface area (Å²) in [6.07, 6.45) is 5.18. The van der Waals surface area contributed by atoms with Crippen molar-refractivity contribution in [2.24, 2.45) is 5.92 Å². The highest BCUT2D eigenvalue weighted by molar-refractivity contribution is 5.49. The Morgan fingerprint density at radius 3 is 2.73 bits per heavy atom. The van der Waals surface area contributed by atoms with Crippen LogP contribution in [0.5, 0.6) is 11.5 Å². The number of anilines is 1. The Labute approximate surface area is 132 Å². The van der Waals surface area contributed by atoms with Crippen LogP contribution in [0.1, 0.15) is 19.3 Å². The van der Waals surface area contributed by atoms with Crippen LogP contribution in [-0.4, -0.2) is 50.9 Å². The molecule has 1 atom stereocenters. The van der Waals surface area contributed by atoms with Gasteiger partial charge in [0, 0.05) is 24.6 Å². The van der Waals surface area contributed by atoms with E-state index in [1.54, 1.807) is 13.3 Å². The minimum Gasteiger partial charge on any atom is -0.493 e. The number of nitrogens with one attached hydrogen (secondary N) is 3. The maximum atomic E-state index is 5.89. The maximum absolute atomic E-state index is 5.89. The summed E-state index contributed by atoms with van der Waals surface area (Å²) in [5.74, 6) is 2.92. The largest absolute Gasteiger partial charge is 0.493 e. The van der Waals surface area contributed by atoms with Crippen molar-refractivity contribution in [1.82, 2.24) is 15.6 Å². The van der Waals surface area contributed by atoms with E-state index < -0.39 is 0 Å². The molecule has 6 heteroatoms. The highest BCUT2D eigenvalue weighted by Crippen LogP contribution is 2.29. The third-order valence-corrected chi connectivity index (χ3v) is 4.38. The van der Waals surface area contributed by atoms with Crippen molar-refractivity contribution in [2.45, 2.75) is 25.3 Å². The van der Waals surface area contributed by atoms with E-state index in [1.807, 2.05) is 6.07 Å². The molecule has 3 rings (SSSR count). The first-order valence-electron chi connectivity index (χ1n) is 8.20. The smallest absolute Gasteiger partial charge is 0.179 e. The zero-order valence-corrected chi connectivity index (χ0v) is 13.2. The number of rotatable bonds is 6. The van der Waals surface area contributed by atoms with E-state index in [0.717, 1.165) is 56.3 Å². The molecule has 2 fully saturated rings. The molecule has 22 heavy (non-hydrogen) atoms. The first-order chi connectivity index (χ1) is 10.8. The molecule has 1 aromatic heterocycles. The number of nitrogens with zero attached hydrogens (tertiary/aromatic N) is 1. The van der Waals surface area contributed by atoms with Gasteiger partial charge in [0.2, 0.25) is 0 Å². The fourth-order valence-electron chi connectivity index (χ4n) is 3.01. The van der Waals surface area contributed by atoms with Crippen molar-refractivity contribution < 1.29 is 9.47 Å². The molecule has 0 aliphatic carbocycles. The van der Waals surface area contributed by atoms with Crippen molar-refractivity contribution >= 4 is 5.82 Å². The summed E-state index contributed by atoms with van der Waals surface area (Å²) in [5, 5.41) is 10.2. The Balaban J connectivity index is 1.59. The van der Waals surface area contributed by atoms with Crippen molar-refractivity contribution in [3.05, 3.63) is 12.3 Å². The first kappa shape index (κ1) is 15.4. The molecule has 3 heterocycles. The summed E-state index contributed by atoms with van der Waals surface area (Å²) >= 11 is 0. The van der Waals surface area contributed by atoms with Crippen LogP contribution in [0.25, 0.3) is 0 Å². The van der Waals surface area contributed by atoms with Gasteiger partial charge in [-0.15, -0.1) is 0 Å². The monoisotopic (exact) mass is 306 g/mol. The van der Waals surface area contributed by atoms with Crippen molar-refractivity contribution in [2.75, 3.05) is 45.2 Å². The van der Waals surface area contributed by atoms with E-state index in [2.05, 4.69) is 20.9 Å². The fraction of sp³-hybridized carbons (Fsp3) is 0.688. The van der Waals surface area contributed by atoms with Crippen LogP contribution < -0.4 is 25.4 Å². The van der Waals surface area contributed by atoms with Crippen LogP contribution in [0.4, 0.5) is 5.82 Å². The minimum absolute atomic E-state index is 0.481. The predicted octanol–water partition coefficient (Wildman–Crippen LogP) is 1.24. The molecule has 2 aliphatic rings. The molecular weight excluding hydrogens is 280 g/mol. The molecule has 1 unspecified atom stereocenters. The lowest BCUT2D eigenvalue weighted by atomic mass is 10.1. The number of pyridine rings is 1. The van der Waals surface area contributed by atoms with Gasteiger partial charge in [-0.3, -0.25) is 0 Å². The number of ether oxygens (including phenoxy) is 2. The lowest BCUT2D eigenvalue weighted by Gasteiger charge is -2.24. The quantitative estimate of drug-likeness (QED) is 0.735. The van der Waals surface area contributed by atoms with Gasteiger partial charge < -0.3 is 25.4 Å². The van der Waals surface area contributed by atoms with Crippen LogP contribution in [-0.2, 0) is 0 Å². The summed E-state index contributed by atoms with van der Waals surface area (Å²) in [4.78, 5) is 4.47. The fourth-order valence-corrected chi connectivity index (χ4v) is 3.01. The van der Waals surface area contributed by atoms with Gasteiger partial charge in [0.15, 0.2) is 11.5 Å². The van der Waals surface area contributed by atoms with E-state index in [9.17, 15) is 0 Å². The lowest BCUT2D eigenvalue weighted by Crippen LogP contribution is -2.35.